The van der Waals surface area contributed by atoms with Crippen LogP contribution in [0.15, 0.2) is 33.5 Å². The third-order valence-electron chi connectivity index (χ3n) is 5.36. The number of benzene rings is 2. The van der Waals surface area contributed by atoms with Crippen LogP contribution in [0.2, 0.25) is 0 Å². The maximum atomic E-state index is 12.9. The quantitative estimate of drug-likeness (QED) is 0.208. The fraction of sp³-hybridized carbons (Fsp3) is 0.286. The van der Waals surface area contributed by atoms with Gasteiger partial charge in [0.05, 0.1) is 6.61 Å². The fourth-order valence-corrected chi connectivity index (χ4v) is 3.55. The Labute approximate surface area is 189 Å². The van der Waals surface area contributed by atoms with E-state index in [9.17, 15) is 50.8 Å². The topological polar surface area (TPSA) is 231 Å². The van der Waals surface area contributed by atoms with Crippen LogP contribution in [0.3, 0.4) is 0 Å². The van der Waals surface area contributed by atoms with Crippen molar-refractivity contribution in [2.75, 3.05) is 6.61 Å². The van der Waals surface area contributed by atoms with Gasteiger partial charge in [0.25, 0.3) is 0 Å². The van der Waals surface area contributed by atoms with Gasteiger partial charge >= 0.3 is 0 Å². The number of phenolic OH excluding ortho intramolecular Hbond substituents is 5. The lowest BCUT2D eigenvalue weighted by Crippen LogP contribution is -2.60. The molecule has 34 heavy (non-hydrogen) atoms. The summed E-state index contributed by atoms with van der Waals surface area (Å²) in [6, 6.07) is 3.80. The van der Waals surface area contributed by atoms with Gasteiger partial charge in [-0.05, 0) is 12.1 Å². The van der Waals surface area contributed by atoms with Crippen molar-refractivity contribution in [3.8, 4) is 45.8 Å². The highest BCUT2D eigenvalue weighted by atomic mass is 16.7. The van der Waals surface area contributed by atoms with E-state index in [0.29, 0.717) is 0 Å². The molecule has 1 aliphatic heterocycles. The lowest BCUT2D eigenvalue weighted by Gasteiger charge is -2.39. The Balaban J connectivity index is 1.82. The molecule has 1 aliphatic rings. The SMILES string of the molecule is O=c1cc(-c2cc(O)c(O)c(O)c2)oc2cc(O)c(O)c(OC3OC(CO)C(O)C(O)C3O)c12. The highest BCUT2D eigenvalue weighted by molar-refractivity contribution is 5.89. The van der Waals surface area contributed by atoms with Gasteiger partial charge in [0.2, 0.25) is 12.0 Å². The van der Waals surface area contributed by atoms with Gasteiger partial charge in [-0.1, -0.05) is 0 Å². The Kier molecular flexibility index (Phi) is 5.89. The summed E-state index contributed by atoms with van der Waals surface area (Å²) in [6.07, 6.45) is -8.48. The highest BCUT2D eigenvalue weighted by Crippen LogP contribution is 2.44. The van der Waals surface area contributed by atoms with E-state index >= 15 is 0 Å². The molecule has 5 atom stereocenters. The number of fused-ring (bicyclic) bond motifs is 1. The molecule has 0 amide bonds. The van der Waals surface area contributed by atoms with Crippen molar-refractivity contribution in [1.82, 2.24) is 0 Å². The van der Waals surface area contributed by atoms with Gasteiger partial charge in [-0.15, -0.1) is 0 Å². The molecule has 13 nitrogen and oxygen atoms in total. The summed E-state index contributed by atoms with van der Waals surface area (Å²) in [5.74, 6) is -4.79. The first kappa shape index (κ1) is 23.4. The summed E-state index contributed by atoms with van der Waals surface area (Å²) in [5.41, 5.74) is -1.18. The molecule has 1 saturated heterocycles. The number of rotatable bonds is 4. The van der Waals surface area contributed by atoms with Crippen LogP contribution in [0.4, 0.5) is 0 Å². The van der Waals surface area contributed by atoms with Crippen molar-refractivity contribution in [3.63, 3.8) is 0 Å². The largest absolute Gasteiger partial charge is 0.504 e. The van der Waals surface area contributed by atoms with Gasteiger partial charge in [0.1, 0.15) is 41.1 Å². The Bertz CT molecular complexity index is 1280. The molecule has 4 rings (SSSR count). The van der Waals surface area contributed by atoms with Crippen LogP contribution in [-0.2, 0) is 4.74 Å². The van der Waals surface area contributed by atoms with E-state index in [1.807, 2.05) is 0 Å². The normalized spacial score (nSPS) is 24.9. The second-order valence-corrected chi connectivity index (χ2v) is 7.60. The zero-order chi connectivity index (χ0) is 24.9. The van der Waals surface area contributed by atoms with Crippen molar-refractivity contribution in [2.24, 2.45) is 0 Å². The summed E-state index contributed by atoms with van der Waals surface area (Å²) in [7, 11) is 0. The van der Waals surface area contributed by atoms with Crippen LogP contribution in [0.1, 0.15) is 0 Å². The van der Waals surface area contributed by atoms with Crippen molar-refractivity contribution >= 4 is 11.0 Å². The minimum atomic E-state index is -1.87. The average Bonchev–Trinajstić information content (AvgIpc) is 2.79. The predicted octanol–water partition coefficient (Wildman–Crippen LogP) is -0.833. The molecule has 1 fully saturated rings. The molecule has 9 N–H and O–H groups in total. The Hall–Kier alpha value is -3.75. The smallest absolute Gasteiger partial charge is 0.229 e. The van der Waals surface area contributed by atoms with Crippen LogP contribution in [-0.4, -0.2) is 83.3 Å². The molecule has 182 valence electrons. The zero-order valence-corrected chi connectivity index (χ0v) is 17.1. The van der Waals surface area contributed by atoms with E-state index in [-0.39, 0.29) is 16.9 Å². The van der Waals surface area contributed by atoms with Crippen LogP contribution < -0.4 is 10.2 Å². The van der Waals surface area contributed by atoms with Crippen molar-refractivity contribution in [2.45, 2.75) is 30.7 Å². The fourth-order valence-electron chi connectivity index (χ4n) is 3.55. The molecule has 0 aliphatic carbocycles. The zero-order valence-electron chi connectivity index (χ0n) is 17.1. The molecule has 2 heterocycles. The second-order valence-electron chi connectivity index (χ2n) is 7.60. The van der Waals surface area contributed by atoms with Gasteiger partial charge in [-0.2, -0.15) is 0 Å². The predicted molar refractivity (Wildman–Crippen MR) is 111 cm³/mol. The highest BCUT2D eigenvalue weighted by Gasteiger charge is 2.45. The lowest BCUT2D eigenvalue weighted by atomic mass is 9.99. The molecular formula is C21H20O13. The number of hydrogen-bond acceptors (Lipinski definition) is 13. The summed E-state index contributed by atoms with van der Waals surface area (Å²) in [6.45, 7) is -0.755. The van der Waals surface area contributed by atoms with E-state index < -0.39 is 82.6 Å². The number of hydrogen-bond donors (Lipinski definition) is 9. The molecule has 1 aromatic heterocycles. The molecule has 0 radical (unpaired) electrons. The van der Waals surface area contributed by atoms with E-state index in [2.05, 4.69) is 0 Å². The molecule has 3 aromatic rings. The molecule has 0 bridgehead atoms. The summed E-state index contributed by atoms with van der Waals surface area (Å²) < 4.78 is 16.2. The maximum Gasteiger partial charge on any atom is 0.229 e. The van der Waals surface area contributed by atoms with Crippen molar-refractivity contribution < 1.29 is 59.8 Å². The molecule has 0 spiro atoms. The van der Waals surface area contributed by atoms with Gasteiger partial charge in [-0.25, -0.2) is 0 Å². The molecule has 5 unspecified atom stereocenters. The van der Waals surface area contributed by atoms with Crippen LogP contribution in [0.25, 0.3) is 22.3 Å². The van der Waals surface area contributed by atoms with E-state index in [1.165, 1.54) is 0 Å². The van der Waals surface area contributed by atoms with Gasteiger partial charge in [0, 0.05) is 17.7 Å². The van der Waals surface area contributed by atoms with Crippen molar-refractivity contribution in [1.29, 1.82) is 0 Å². The van der Waals surface area contributed by atoms with E-state index in [1.54, 1.807) is 0 Å². The monoisotopic (exact) mass is 480 g/mol. The summed E-state index contributed by atoms with van der Waals surface area (Å²) >= 11 is 0. The van der Waals surface area contributed by atoms with E-state index in [0.717, 1.165) is 24.3 Å². The second kappa shape index (κ2) is 8.55. The van der Waals surface area contributed by atoms with Gasteiger partial charge in [-0.3, -0.25) is 4.79 Å². The first-order chi connectivity index (χ1) is 16.0. The summed E-state index contributed by atoms with van der Waals surface area (Å²) in [4.78, 5) is 12.9. The van der Waals surface area contributed by atoms with E-state index in [4.69, 9.17) is 13.9 Å². The van der Waals surface area contributed by atoms with Crippen LogP contribution >= 0.6 is 0 Å². The first-order valence-corrected chi connectivity index (χ1v) is 9.78. The third-order valence-corrected chi connectivity index (χ3v) is 5.36. The molecular weight excluding hydrogens is 460 g/mol. The minimum Gasteiger partial charge on any atom is -0.504 e. The number of aromatic hydroxyl groups is 5. The Morgan fingerprint density at radius 2 is 1.44 bits per heavy atom. The number of aliphatic hydroxyl groups is 4. The maximum absolute atomic E-state index is 12.9. The van der Waals surface area contributed by atoms with Crippen LogP contribution in [0, 0.1) is 0 Å². The lowest BCUT2D eigenvalue weighted by molar-refractivity contribution is -0.277. The first-order valence-electron chi connectivity index (χ1n) is 9.78. The standard InChI is InChI=1S/C21H20O13/c22-5-13-17(29)18(30)19(31)21(33-13)34-20-14-7(23)3-11(32-12(14)4-10(26)16(20)28)6-1-8(24)15(27)9(25)2-6/h1-4,13,17-19,21-22,24-31H,5H2. The van der Waals surface area contributed by atoms with Crippen molar-refractivity contribution in [3.05, 3.63) is 34.5 Å². The number of ether oxygens (including phenoxy) is 2. The minimum absolute atomic E-state index is 0.0178. The Morgan fingerprint density at radius 3 is 2.06 bits per heavy atom. The summed E-state index contributed by atoms with van der Waals surface area (Å²) in [5, 5.41) is 88.3. The van der Waals surface area contributed by atoms with Gasteiger partial charge in [0.15, 0.2) is 34.2 Å². The molecule has 2 aromatic carbocycles. The molecule has 13 heteroatoms. The third kappa shape index (κ3) is 3.81. The van der Waals surface area contributed by atoms with Crippen LogP contribution in [0.5, 0.6) is 34.5 Å². The van der Waals surface area contributed by atoms with Gasteiger partial charge < -0.3 is 59.8 Å². The molecule has 0 saturated carbocycles. The Morgan fingerprint density at radius 1 is 0.824 bits per heavy atom. The number of phenols is 5. The average molecular weight is 480 g/mol. The number of aliphatic hydroxyl groups excluding tert-OH is 4.